The fourth-order valence-electron chi connectivity index (χ4n) is 1.55. The first-order valence-corrected chi connectivity index (χ1v) is 6.62. The number of rotatable bonds is 6. The van der Waals surface area contributed by atoms with E-state index in [-0.39, 0.29) is 5.91 Å². The molecule has 0 spiro atoms. The lowest BCUT2D eigenvalue weighted by molar-refractivity contribution is -0.127. The summed E-state index contributed by atoms with van der Waals surface area (Å²) < 4.78 is 5.58. The van der Waals surface area contributed by atoms with E-state index in [4.69, 9.17) is 4.74 Å². The molecule has 0 saturated carbocycles. The molecule has 2 N–H and O–H groups in total. The highest BCUT2D eigenvalue weighted by Crippen LogP contribution is 2.19. The molecular formula is C15H23NO3. The van der Waals surface area contributed by atoms with Gasteiger partial charge in [-0.3, -0.25) is 4.79 Å². The van der Waals surface area contributed by atoms with Crippen molar-refractivity contribution in [1.29, 1.82) is 0 Å². The van der Waals surface area contributed by atoms with Crippen LogP contribution in [0.5, 0.6) is 5.75 Å². The predicted molar refractivity (Wildman–Crippen MR) is 75.0 cm³/mol. The van der Waals surface area contributed by atoms with Crippen LogP contribution in [0, 0.1) is 5.92 Å². The Bertz CT molecular complexity index is 416. The van der Waals surface area contributed by atoms with Gasteiger partial charge in [0.25, 0.3) is 5.91 Å². The van der Waals surface area contributed by atoms with Crippen molar-refractivity contribution in [2.75, 3.05) is 6.54 Å². The molecule has 1 rings (SSSR count). The summed E-state index contributed by atoms with van der Waals surface area (Å²) in [7, 11) is 0. The van der Waals surface area contributed by atoms with E-state index in [0.717, 1.165) is 5.56 Å². The lowest BCUT2D eigenvalue weighted by Gasteiger charge is -2.16. The standard InChI is InChI=1S/C15H23NO3/c1-10(2)9-16-15(18)12(4)19-14-7-5-6-13(8-14)11(3)17/h5-8,10-12,17H,9H2,1-4H3,(H,16,18). The lowest BCUT2D eigenvalue weighted by atomic mass is 10.1. The van der Waals surface area contributed by atoms with Gasteiger partial charge in [-0.05, 0) is 37.5 Å². The highest BCUT2D eigenvalue weighted by atomic mass is 16.5. The summed E-state index contributed by atoms with van der Waals surface area (Å²) in [5.74, 6) is 0.872. The molecule has 0 radical (unpaired) electrons. The Morgan fingerprint density at radius 1 is 1.32 bits per heavy atom. The first-order chi connectivity index (χ1) is 8.90. The van der Waals surface area contributed by atoms with Gasteiger partial charge in [-0.25, -0.2) is 0 Å². The number of hydrogen-bond donors (Lipinski definition) is 2. The summed E-state index contributed by atoms with van der Waals surface area (Å²) in [5.41, 5.74) is 0.771. The van der Waals surface area contributed by atoms with Crippen LogP contribution in [0.3, 0.4) is 0 Å². The van der Waals surface area contributed by atoms with Crippen molar-refractivity contribution in [3.63, 3.8) is 0 Å². The third kappa shape index (κ3) is 5.30. The van der Waals surface area contributed by atoms with Gasteiger partial charge in [0.05, 0.1) is 6.10 Å². The van der Waals surface area contributed by atoms with Crippen LogP contribution < -0.4 is 10.1 Å². The number of aliphatic hydroxyl groups excluding tert-OH is 1. The number of carbonyl (C=O) groups is 1. The van der Waals surface area contributed by atoms with Gasteiger partial charge in [0, 0.05) is 6.54 Å². The first kappa shape index (κ1) is 15.5. The van der Waals surface area contributed by atoms with E-state index in [9.17, 15) is 9.90 Å². The Hall–Kier alpha value is -1.55. The van der Waals surface area contributed by atoms with Gasteiger partial charge in [0.15, 0.2) is 6.10 Å². The topological polar surface area (TPSA) is 58.6 Å². The summed E-state index contributed by atoms with van der Waals surface area (Å²) in [6.45, 7) is 8.12. The van der Waals surface area contributed by atoms with Crippen LogP contribution in [0.1, 0.15) is 39.4 Å². The molecule has 4 nitrogen and oxygen atoms in total. The Kier molecular flexibility index (Phi) is 5.83. The lowest BCUT2D eigenvalue weighted by Crippen LogP contribution is -2.38. The molecule has 19 heavy (non-hydrogen) atoms. The van der Waals surface area contributed by atoms with Crippen LogP contribution in [0.2, 0.25) is 0 Å². The number of amides is 1. The minimum Gasteiger partial charge on any atom is -0.481 e. The molecule has 1 amide bonds. The third-order valence-corrected chi connectivity index (χ3v) is 2.71. The van der Waals surface area contributed by atoms with E-state index in [1.165, 1.54) is 0 Å². The van der Waals surface area contributed by atoms with Gasteiger partial charge in [-0.1, -0.05) is 26.0 Å². The maximum Gasteiger partial charge on any atom is 0.260 e. The van der Waals surface area contributed by atoms with Crippen molar-refractivity contribution in [2.45, 2.75) is 39.9 Å². The highest BCUT2D eigenvalue weighted by Gasteiger charge is 2.15. The molecule has 0 saturated heterocycles. The smallest absolute Gasteiger partial charge is 0.260 e. The second-order valence-electron chi connectivity index (χ2n) is 5.15. The molecule has 4 heteroatoms. The first-order valence-electron chi connectivity index (χ1n) is 6.62. The Balaban J connectivity index is 2.58. The van der Waals surface area contributed by atoms with Crippen LogP contribution in [-0.2, 0) is 4.79 Å². The number of benzene rings is 1. The average molecular weight is 265 g/mol. The number of aliphatic hydroxyl groups is 1. The summed E-state index contributed by atoms with van der Waals surface area (Å²) in [6.07, 6.45) is -1.10. The number of ether oxygens (including phenoxy) is 1. The quantitative estimate of drug-likeness (QED) is 0.829. The molecular weight excluding hydrogens is 242 g/mol. The largest absolute Gasteiger partial charge is 0.481 e. The summed E-state index contributed by atoms with van der Waals surface area (Å²) in [6, 6.07) is 7.14. The third-order valence-electron chi connectivity index (χ3n) is 2.71. The van der Waals surface area contributed by atoms with Crippen LogP contribution in [-0.4, -0.2) is 23.7 Å². The Morgan fingerprint density at radius 2 is 2.00 bits per heavy atom. The van der Waals surface area contributed by atoms with Crippen LogP contribution in [0.25, 0.3) is 0 Å². The molecule has 0 aliphatic carbocycles. The number of hydrogen-bond acceptors (Lipinski definition) is 3. The van der Waals surface area contributed by atoms with E-state index in [2.05, 4.69) is 5.32 Å². The normalized spacial score (nSPS) is 14.0. The van der Waals surface area contributed by atoms with Crippen molar-refractivity contribution in [3.8, 4) is 5.75 Å². The number of nitrogens with one attached hydrogen (secondary N) is 1. The van der Waals surface area contributed by atoms with Gasteiger partial charge in [0.1, 0.15) is 5.75 Å². The van der Waals surface area contributed by atoms with Crippen LogP contribution in [0.4, 0.5) is 0 Å². The minimum atomic E-state index is -0.553. The summed E-state index contributed by atoms with van der Waals surface area (Å²) in [4.78, 5) is 11.8. The fraction of sp³-hybridized carbons (Fsp3) is 0.533. The maximum atomic E-state index is 11.8. The van der Waals surface area contributed by atoms with E-state index < -0.39 is 12.2 Å². The van der Waals surface area contributed by atoms with Crippen LogP contribution in [0.15, 0.2) is 24.3 Å². The number of carbonyl (C=O) groups excluding carboxylic acids is 1. The molecule has 2 unspecified atom stereocenters. The Labute approximate surface area is 114 Å². The van der Waals surface area contributed by atoms with Crippen LogP contribution >= 0.6 is 0 Å². The molecule has 2 atom stereocenters. The van der Waals surface area contributed by atoms with Crippen molar-refractivity contribution < 1.29 is 14.6 Å². The molecule has 0 fully saturated rings. The molecule has 1 aromatic rings. The van der Waals surface area contributed by atoms with Crippen molar-refractivity contribution >= 4 is 5.91 Å². The van der Waals surface area contributed by atoms with Gasteiger partial charge in [0.2, 0.25) is 0 Å². The molecule has 1 aromatic carbocycles. The SMILES string of the molecule is CC(C)CNC(=O)C(C)Oc1cccc(C(C)O)c1. The fourth-order valence-corrected chi connectivity index (χ4v) is 1.55. The molecule has 0 aliphatic rings. The summed E-state index contributed by atoms with van der Waals surface area (Å²) in [5, 5.41) is 12.3. The monoisotopic (exact) mass is 265 g/mol. The molecule has 0 aromatic heterocycles. The predicted octanol–water partition coefficient (Wildman–Crippen LogP) is 2.28. The molecule has 0 aliphatic heterocycles. The zero-order valence-corrected chi connectivity index (χ0v) is 12.0. The average Bonchev–Trinajstić information content (AvgIpc) is 2.36. The van der Waals surface area contributed by atoms with E-state index in [1.54, 1.807) is 32.0 Å². The highest BCUT2D eigenvalue weighted by molar-refractivity contribution is 5.80. The second kappa shape index (κ2) is 7.14. The van der Waals surface area contributed by atoms with E-state index in [1.807, 2.05) is 19.9 Å². The van der Waals surface area contributed by atoms with Gasteiger partial charge >= 0.3 is 0 Å². The second-order valence-corrected chi connectivity index (χ2v) is 5.15. The van der Waals surface area contributed by atoms with Crippen molar-refractivity contribution in [2.24, 2.45) is 5.92 Å². The zero-order valence-electron chi connectivity index (χ0n) is 12.0. The van der Waals surface area contributed by atoms with Gasteiger partial charge < -0.3 is 15.2 Å². The van der Waals surface area contributed by atoms with Gasteiger partial charge in [-0.15, -0.1) is 0 Å². The summed E-state index contributed by atoms with van der Waals surface area (Å²) >= 11 is 0. The maximum absolute atomic E-state index is 11.8. The van der Waals surface area contributed by atoms with Gasteiger partial charge in [-0.2, -0.15) is 0 Å². The van der Waals surface area contributed by atoms with E-state index >= 15 is 0 Å². The van der Waals surface area contributed by atoms with Crippen molar-refractivity contribution in [1.82, 2.24) is 5.32 Å². The van der Waals surface area contributed by atoms with E-state index in [0.29, 0.717) is 18.2 Å². The Morgan fingerprint density at radius 3 is 2.58 bits per heavy atom. The minimum absolute atomic E-state index is 0.129. The molecule has 0 heterocycles. The van der Waals surface area contributed by atoms with Crippen molar-refractivity contribution in [3.05, 3.63) is 29.8 Å². The zero-order chi connectivity index (χ0) is 14.4. The molecule has 106 valence electrons. The molecule has 0 bridgehead atoms.